The normalized spacial score (nSPS) is 14.2. The van der Waals surface area contributed by atoms with Crippen LogP contribution in [0.3, 0.4) is 0 Å². The molecule has 0 aromatic heterocycles. The van der Waals surface area contributed by atoms with Crippen LogP contribution in [0.5, 0.6) is 0 Å². The Morgan fingerprint density at radius 3 is 2.24 bits per heavy atom. The fraction of sp³-hybridized carbons (Fsp3) is 0.818. The molecular formula is C11H23N3O3. The summed E-state index contributed by atoms with van der Waals surface area (Å²) in [5.74, 6) is -0.0507. The van der Waals surface area contributed by atoms with Crippen molar-refractivity contribution in [3.63, 3.8) is 0 Å². The van der Waals surface area contributed by atoms with Gasteiger partial charge in [-0.25, -0.2) is 4.79 Å². The summed E-state index contributed by atoms with van der Waals surface area (Å²) in [5.41, 5.74) is 5.02. The van der Waals surface area contributed by atoms with E-state index in [9.17, 15) is 9.59 Å². The maximum absolute atomic E-state index is 11.8. The number of primary amides is 1. The molecule has 0 rings (SSSR count). The molecule has 3 amide bonds. The molecule has 17 heavy (non-hydrogen) atoms. The van der Waals surface area contributed by atoms with Crippen LogP contribution >= 0.6 is 0 Å². The number of urea groups is 1. The zero-order valence-electron chi connectivity index (χ0n) is 10.7. The van der Waals surface area contributed by atoms with Crippen molar-refractivity contribution in [3.05, 3.63) is 0 Å². The van der Waals surface area contributed by atoms with Gasteiger partial charge in [0.15, 0.2) is 0 Å². The molecule has 0 aromatic carbocycles. The van der Waals surface area contributed by atoms with Crippen molar-refractivity contribution in [3.8, 4) is 0 Å². The van der Waals surface area contributed by atoms with Crippen molar-refractivity contribution in [2.24, 2.45) is 11.7 Å². The summed E-state index contributed by atoms with van der Waals surface area (Å²) < 4.78 is 0. The number of hydrogen-bond acceptors (Lipinski definition) is 3. The van der Waals surface area contributed by atoms with Gasteiger partial charge in [0.25, 0.3) is 0 Å². The highest BCUT2D eigenvalue weighted by Gasteiger charge is 2.22. The Morgan fingerprint density at radius 1 is 1.29 bits per heavy atom. The van der Waals surface area contributed by atoms with Gasteiger partial charge in [-0.3, -0.25) is 4.79 Å². The summed E-state index contributed by atoms with van der Waals surface area (Å²) in [4.78, 5) is 22.7. The summed E-state index contributed by atoms with van der Waals surface area (Å²) in [6.07, 6.45) is 1.14. The molecule has 0 fully saturated rings. The van der Waals surface area contributed by atoms with E-state index in [1.54, 1.807) is 0 Å². The van der Waals surface area contributed by atoms with Gasteiger partial charge in [-0.05, 0) is 18.8 Å². The molecule has 0 heterocycles. The first-order valence-electron chi connectivity index (χ1n) is 5.87. The summed E-state index contributed by atoms with van der Waals surface area (Å²) in [6.45, 7) is 5.64. The number of aliphatic hydroxyl groups is 1. The van der Waals surface area contributed by atoms with E-state index >= 15 is 0 Å². The predicted molar refractivity (Wildman–Crippen MR) is 65.3 cm³/mol. The fourth-order valence-electron chi connectivity index (χ4n) is 1.45. The van der Waals surface area contributed by atoms with Crippen molar-refractivity contribution < 1.29 is 14.7 Å². The van der Waals surface area contributed by atoms with Crippen LogP contribution in [0.4, 0.5) is 4.79 Å². The van der Waals surface area contributed by atoms with Crippen LogP contribution < -0.4 is 16.4 Å². The maximum Gasteiger partial charge on any atom is 0.312 e. The van der Waals surface area contributed by atoms with E-state index < -0.39 is 12.1 Å². The highest BCUT2D eigenvalue weighted by Crippen LogP contribution is 2.05. The second-order valence-corrected chi connectivity index (χ2v) is 4.49. The average molecular weight is 245 g/mol. The third-order valence-corrected chi connectivity index (χ3v) is 2.40. The van der Waals surface area contributed by atoms with Crippen LogP contribution in [0.1, 0.15) is 33.6 Å². The lowest BCUT2D eigenvalue weighted by Crippen LogP contribution is -2.52. The van der Waals surface area contributed by atoms with E-state index in [-0.39, 0.29) is 24.5 Å². The van der Waals surface area contributed by atoms with Crippen LogP contribution in [-0.2, 0) is 4.79 Å². The van der Waals surface area contributed by atoms with Crippen molar-refractivity contribution in [1.29, 1.82) is 0 Å². The smallest absolute Gasteiger partial charge is 0.312 e. The molecule has 0 radical (unpaired) electrons. The van der Waals surface area contributed by atoms with Gasteiger partial charge in [0, 0.05) is 0 Å². The number of hydrogen-bond donors (Lipinski definition) is 4. The van der Waals surface area contributed by atoms with E-state index in [4.69, 9.17) is 10.8 Å². The first kappa shape index (κ1) is 15.7. The van der Waals surface area contributed by atoms with Crippen LogP contribution in [0.15, 0.2) is 0 Å². The van der Waals surface area contributed by atoms with Gasteiger partial charge in [0.1, 0.15) is 6.04 Å². The lowest BCUT2D eigenvalue weighted by Gasteiger charge is -2.22. The quantitative estimate of drug-likeness (QED) is 0.505. The predicted octanol–water partition coefficient (Wildman–Crippen LogP) is -0.0435. The van der Waals surface area contributed by atoms with Crippen LogP contribution in [-0.4, -0.2) is 35.7 Å². The Kier molecular flexibility index (Phi) is 7.29. The van der Waals surface area contributed by atoms with Gasteiger partial charge in [-0.2, -0.15) is 0 Å². The van der Waals surface area contributed by atoms with Crippen molar-refractivity contribution >= 4 is 11.9 Å². The Hall–Kier alpha value is -1.30. The first-order valence-corrected chi connectivity index (χ1v) is 5.87. The number of carbonyl (C=O) groups is 2. The second kappa shape index (κ2) is 7.89. The van der Waals surface area contributed by atoms with Gasteiger partial charge in [0.2, 0.25) is 5.91 Å². The van der Waals surface area contributed by atoms with E-state index in [2.05, 4.69) is 10.6 Å². The summed E-state index contributed by atoms with van der Waals surface area (Å²) >= 11 is 0. The Bertz CT molecular complexity index is 252. The summed E-state index contributed by atoms with van der Waals surface area (Å²) in [6, 6.07) is -1.65. The minimum atomic E-state index is -0.720. The molecule has 0 spiro atoms. The molecule has 0 aliphatic heterocycles. The van der Waals surface area contributed by atoms with E-state index in [0.29, 0.717) is 12.8 Å². The van der Waals surface area contributed by atoms with Crippen molar-refractivity contribution in [2.45, 2.75) is 45.7 Å². The third kappa shape index (κ3) is 6.78. The zero-order valence-corrected chi connectivity index (χ0v) is 10.7. The van der Waals surface area contributed by atoms with E-state index in [1.165, 1.54) is 0 Å². The maximum atomic E-state index is 11.8. The first-order chi connectivity index (χ1) is 7.90. The van der Waals surface area contributed by atoms with Crippen molar-refractivity contribution in [1.82, 2.24) is 10.6 Å². The Balaban J connectivity index is 4.45. The van der Waals surface area contributed by atoms with Crippen LogP contribution in [0.25, 0.3) is 0 Å². The molecular weight excluding hydrogens is 222 g/mol. The number of rotatable bonds is 7. The molecule has 2 atom stereocenters. The minimum absolute atomic E-state index is 0.118. The highest BCUT2D eigenvalue weighted by molar-refractivity contribution is 5.86. The van der Waals surface area contributed by atoms with E-state index in [0.717, 1.165) is 0 Å². The third-order valence-electron chi connectivity index (χ3n) is 2.40. The SMILES string of the molecule is CCC(CO)NC(=O)C(CC(C)C)NC(N)=O. The van der Waals surface area contributed by atoms with Gasteiger partial charge in [0.05, 0.1) is 12.6 Å². The highest BCUT2D eigenvalue weighted by atomic mass is 16.3. The van der Waals surface area contributed by atoms with Gasteiger partial charge in [-0.15, -0.1) is 0 Å². The molecule has 100 valence electrons. The minimum Gasteiger partial charge on any atom is -0.394 e. The number of aliphatic hydroxyl groups excluding tert-OH is 1. The average Bonchev–Trinajstić information content (AvgIpc) is 2.23. The molecule has 0 saturated heterocycles. The van der Waals surface area contributed by atoms with Gasteiger partial charge >= 0.3 is 6.03 Å². The van der Waals surface area contributed by atoms with Crippen molar-refractivity contribution in [2.75, 3.05) is 6.61 Å². The zero-order chi connectivity index (χ0) is 13.4. The largest absolute Gasteiger partial charge is 0.394 e. The molecule has 0 aliphatic carbocycles. The topological polar surface area (TPSA) is 104 Å². The summed E-state index contributed by atoms with van der Waals surface area (Å²) in [5, 5.41) is 14.1. The second-order valence-electron chi connectivity index (χ2n) is 4.49. The molecule has 0 aliphatic rings. The molecule has 0 saturated carbocycles. The molecule has 0 bridgehead atoms. The fourth-order valence-corrected chi connectivity index (χ4v) is 1.45. The number of amides is 3. The molecule has 2 unspecified atom stereocenters. The summed E-state index contributed by atoms with van der Waals surface area (Å²) in [7, 11) is 0. The standard InChI is InChI=1S/C11H23N3O3/c1-4-8(6-15)13-10(16)9(5-7(2)3)14-11(12)17/h7-9,15H,4-6H2,1-3H3,(H,13,16)(H3,12,14,17). The van der Waals surface area contributed by atoms with Gasteiger partial charge < -0.3 is 21.5 Å². The van der Waals surface area contributed by atoms with Crippen LogP contribution in [0.2, 0.25) is 0 Å². The monoisotopic (exact) mass is 245 g/mol. The van der Waals surface area contributed by atoms with Gasteiger partial charge in [-0.1, -0.05) is 20.8 Å². The number of nitrogens with two attached hydrogens (primary N) is 1. The molecule has 0 aromatic rings. The Morgan fingerprint density at radius 2 is 1.88 bits per heavy atom. The Labute approximate surface area is 102 Å². The van der Waals surface area contributed by atoms with Crippen LogP contribution in [0, 0.1) is 5.92 Å². The van der Waals surface area contributed by atoms with E-state index in [1.807, 2.05) is 20.8 Å². The molecule has 6 nitrogen and oxygen atoms in total. The molecule has 5 N–H and O–H groups in total. The molecule has 6 heteroatoms. The number of carbonyl (C=O) groups excluding carboxylic acids is 2. The number of nitrogens with one attached hydrogen (secondary N) is 2. The lowest BCUT2D eigenvalue weighted by atomic mass is 10.0. The lowest BCUT2D eigenvalue weighted by molar-refractivity contribution is -0.124.